The van der Waals surface area contributed by atoms with E-state index < -0.39 is 6.10 Å². The Labute approximate surface area is 115 Å². The molecule has 1 N–H and O–H groups in total. The number of alkyl halides is 1. The summed E-state index contributed by atoms with van der Waals surface area (Å²) < 4.78 is 5.44. The predicted octanol–water partition coefficient (Wildman–Crippen LogP) is 1.42. The standard InChI is InChI=1S/C13H16BrNO3/c14-10-6-13(17)15(7-10)8-11(16)9-18-12-4-2-1-3-5-12/h1-5,10-11,16H,6-9H2. The van der Waals surface area contributed by atoms with Gasteiger partial charge < -0.3 is 14.7 Å². The number of nitrogens with zero attached hydrogens (tertiary/aromatic N) is 1. The van der Waals surface area contributed by atoms with Crippen LogP contribution in [0.3, 0.4) is 0 Å². The Morgan fingerprint density at radius 2 is 2.17 bits per heavy atom. The second-order valence-electron chi connectivity index (χ2n) is 4.38. The molecule has 2 rings (SSSR count). The van der Waals surface area contributed by atoms with Crippen LogP contribution in [-0.4, -0.2) is 46.5 Å². The number of carbonyl (C=O) groups excluding carboxylic acids is 1. The van der Waals surface area contributed by atoms with Crippen LogP contribution in [0, 0.1) is 0 Å². The van der Waals surface area contributed by atoms with Crippen LogP contribution in [0.15, 0.2) is 30.3 Å². The monoisotopic (exact) mass is 313 g/mol. The number of carbonyl (C=O) groups is 1. The van der Waals surface area contributed by atoms with Crippen LogP contribution in [0.25, 0.3) is 0 Å². The van der Waals surface area contributed by atoms with Crippen LogP contribution >= 0.6 is 15.9 Å². The van der Waals surface area contributed by atoms with E-state index in [2.05, 4.69) is 15.9 Å². The van der Waals surface area contributed by atoms with Gasteiger partial charge in [0.25, 0.3) is 0 Å². The van der Waals surface area contributed by atoms with Crippen LogP contribution in [0.5, 0.6) is 5.75 Å². The number of hydrogen-bond donors (Lipinski definition) is 1. The van der Waals surface area contributed by atoms with Crippen LogP contribution in [0.4, 0.5) is 0 Å². The lowest BCUT2D eigenvalue weighted by Gasteiger charge is -2.20. The van der Waals surface area contributed by atoms with Crippen molar-refractivity contribution in [3.05, 3.63) is 30.3 Å². The van der Waals surface area contributed by atoms with E-state index in [9.17, 15) is 9.90 Å². The molecule has 2 atom stereocenters. The Hall–Kier alpha value is -1.07. The Morgan fingerprint density at radius 3 is 2.78 bits per heavy atom. The predicted molar refractivity (Wildman–Crippen MR) is 71.9 cm³/mol. The van der Waals surface area contributed by atoms with Gasteiger partial charge in [0.1, 0.15) is 18.5 Å². The number of rotatable bonds is 5. The van der Waals surface area contributed by atoms with E-state index in [0.29, 0.717) is 19.5 Å². The number of aliphatic hydroxyl groups is 1. The number of aliphatic hydroxyl groups excluding tert-OH is 1. The molecule has 5 heteroatoms. The van der Waals surface area contributed by atoms with Crippen molar-refractivity contribution in [3.63, 3.8) is 0 Å². The van der Waals surface area contributed by atoms with Crippen molar-refractivity contribution in [2.75, 3.05) is 19.7 Å². The first-order valence-electron chi connectivity index (χ1n) is 5.93. The summed E-state index contributed by atoms with van der Waals surface area (Å²) in [5.74, 6) is 0.804. The van der Waals surface area contributed by atoms with Crippen LogP contribution in [0.2, 0.25) is 0 Å². The molecule has 0 aliphatic carbocycles. The summed E-state index contributed by atoms with van der Waals surface area (Å²) in [6.45, 7) is 1.18. The second-order valence-corrected chi connectivity index (χ2v) is 5.67. The number of benzene rings is 1. The van der Waals surface area contributed by atoms with Crippen molar-refractivity contribution in [1.82, 2.24) is 4.90 Å². The molecule has 0 saturated carbocycles. The Morgan fingerprint density at radius 1 is 1.44 bits per heavy atom. The van der Waals surface area contributed by atoms with E-state index in [4.69, 9.17) is 4.74 Å². The molecule has 1 fully saturated rings. The van der Waals surface area contributed by atoms with Gasteiger partial charge in [-0.2, -0.15) is 0 Å². The minimum Gasteiger partial charge on any atom is -0.491 e. The van der Waals surface area contributed by atoms with Crippen molar-refractivity contribution < 1.29 is 14.6 Å². The zero-order valence-electron chi connectivity index (χ0n) is 9.96. The van der Waals surface area contributed by atoms with Crippen molar-refractivity contribution in [2.45, 2.75) is 17.4 Å². The Kier molecular flexibility index (Phi) is 4.60. The summed E-state index contributed by atoms with van der Waals surface area (Å²) in [6.07, 6.45) is -0.154. The number of para-hydroxylation sites is 1. The molecule has 1 aromatic carbocycles. The molecule has 2 unspecified atom stereocenters. The van der Waals surface area contributed by atoms with Crippen molar-refractivity contribution in [2.24, 2.45) is 0 Å². The molecule has 1 aliphatic heterocycles. The lowest BCUT2D eigenvalue weighted by molar-refractivity contribution is -0.129. The van der Waals surface area contributed by atoms with E-state index in [-0.39, 0.29) is 17.3 Å². The van der Waals surface area contributed by atoms with Crippen LogP contribution < -0.4 is 4.74 Å². The summed E-state index contributed by atoms with van der Waals surface area (Å²) in [5, 5.41) is 9.84. The van der Waals surface area contributed by atoms with Gasteiger partial charge in [0.2, 0.25) is 5.91 Å². The van der Waals surface area contributed by atoms with Crippen molar-refractivity contribution >= 4 is 21.8 Å². The maximum absolute atomic E-state index is 11.5. The molecule has 4 nitrogen and oxygen atoms in total. The third-order valence-electron chi connectivity index (χ3n) is 2.78. The van der Waals surface area contributed by atoms with Gasteiger partial charge in [-0.3, -0.25) is 4.79 Å². The zero-order valence-corrected chi connectivity index (χ0v) is 11.5. The molecular formula is C13H16BrNO3. The van der Waals surface area contributed by atoms with Crippen LogP contribution in [0.1, 0.15) is 6.42 Å². The minimum absolute atomic E-state index is 0.0793. The van der Waals surface area contributed by atoms with Gasteiger partial charge in [0.05, 0.1) is 0 Å². The molecule has 0 aromatic heterocycles. The first-order valence-corrected chi connectivity index (χ1v) is 6.84. The lowest BCUT2D eigenvalue weighted by atomic mass is 10.3. The third kappa shape index (κ3) is 3.71. The zero-order chi connectivity index (χ0) is 13.0. The molecule has 1 saturated heterocycles. The first-order chi connectivity index (χ1) is 8.65. The fourth-order valence-electron chi connectivity index (χ4n) is 1.92. The average molecular weight is 314 g/mol. The van der Waals surface area contributed by atoms with Gasteiger partial charge in [0, 0.05) is 24.3 Å². The SMILES string of the molecule is O=C1CC(Br)CN1CC(O)COc1ccccc1. The molecular weight excluding hydrogens is 298 g/mol. The summed E-state index contributed by atoms with van der Waals surface area (Å²) >= 11 is 3.41. The molecule has 0 spiro atoms. The summed E-state index contributed by atoms with van der Waals surface area (Å²) in [5.41, 5.74) is 0. The van der Waals surface area contributed by atoms with E-state index >= 15 is 0 Å². The quantitative estimate of drug-likeness (QED) is 0.837. The molecule has 0 bridgehead atoms. The number of amides is 1. The number of β-amino-alcohol motifs (C(OH)–C–C–N with tert-alkyl or cyclic N) is 1. The van der Waals surface area contributed by atoms with Gasteiger partial charge in [-0.25, -0.2) is 0 Å². The third-order valence-corrected chi connectivity index (χ3v) is 3.40. The molecule has 1 heterocycles. The topological polar surface area (TPSA) is 49.8 Å². The second kappa shape index (κ2) is 6.20. The highest BCUT2D eigenvalue weighted by Crippen LogP contribution is 2.18. The first kappa shape index (κ1) is 13.4. The van der Waals surface area contributed by atoms with Gasteiger partial charge in [-0.05, 0) is 12.1 Å². The van der Waals surface area contributed by atoms with E-state index in [0.717, 1.165) is 5.75 Å². The Balaban J connectivity index is 1.75. The fourth-order valence-corrected chi connectivity index (χ4v) is 2.54. The maximum Gasteiger partial charge on any atom is 0.223 e. The van der Waals surface area contributed by atoms with Gasteiger partial charge in [-0.15, -0.1) is 0 Å². The van der Waals surface area contributed by atoms with E-state index in [1.54, 1.807) is 4.90 Å². The maximum atomic E-state index is 11.5. The van der Waals surface area contributed by atoms with Gasteiger partial charge in [-0.1, -0.05) is 34.1 Å². The highest BCUT2D eigenvalue weighted by molar-refractivity contribution is 9.09. The number of ether oxygens (including phenoxy) is 1. The molecule has 18 heavy (non-hydrogen) atoms. The van der Waals surface area contributed by atoms with Crippen molar-refractivity contribution in [3.8, 4) is 5.75 Å². The summed E-state index contributed by atoms with van der Waals surface area (Å²) in [7, 11) is 0. The lowest BCUT2D eigenvalue weighted by Crippen LogP contribution is -2.36. The highest BCUT2D eigenvalue weighted by Gasteiger charge is 2.28. The highest BCUT2D eigenvalue weighted by atomic mass is 79.9. The average Bonchev–Trinajstić information content (AvgIpc) is 2.67. The largest absolute Gasteiger partial charge is 0.491 e. The number of halogens is 1. The van der Waals surface area contributed by atoms with E-state index in [1.807, 2.05) is 30.3 Å². The summed E-state index contributed by atoms with van der Waals surface area (Å²) in [6, 6.07) is 9.33. The molecule has 1 amide bonds. The van der Waals surface area contributed by atoms with Crippen molar-refractivity contribution in [1.29, 1.82) is 0 Å². The number of hydrogen-bond acceptors (Lipinski definition) is 3. The molecule has 1 aliphatic rings. The minimum atomic E-state index is -0.660. The Bertz CT molecular complexity index is 398. The smallest absolute Gasteiger partial charge is 0.223 e. The molecule has 0 radical (unpaired) electrons. The van der Waals surface area contributed by atoms with E-state index in [1.165, 1.54) is 0 Å². The van der Waals surface area contributed by atoms with Crippen LogP contribution in [-0.2, 0) is 4.79 Å². The fraction of sp³-hybridized carbons (Fsp3) is 0.462. The van der Waals surface area contributed by atoms with Gasteiger partial charge in [0.15, 0.2) is 0 Å². The number of likely N-dealkylation sites (tertiary alicyclic amines) is 1. The summed E-state index contributed by atoms with van der Waals surface area (Å²) in [4.78, 5) is 13.4. The van der Waals surface area contributed by atoms with Gasteiger partial charge >= 0.3 is 0 Å². The normalized spacial score (nSPS) is 21.1. The molecule has 98 valence electrons. The molecule has 1 aromatic rings.